The van der Waals surface area contributed by atoms with Crippen LogP contribution < -0.4 is 25.2 Å². The van der Waals surface area contributed by atoms with E-state index in [1.165, 1.54) is 0 Å². The molecule has 6 rings (SSSR count). The van der Waals surface area contributed by atoms with E-state index in [-0.39, 0.29) is 25.0 Å². The number of likely N-dealkylation sites (tertiary alicyclic amines) is 1. The van der Waals surface area contributed by atoms with Gasteiger partial charge in [0.2, 0.25) is 6.79 Å². The molecule has 1 saturated heterocycles. The highest BCUT2D eigenvalue weighted by molar-refractivity contribution is 6.99. The first-order valence-corrected chi connectivity index (χ1v) is 21.3. The number of ether oxygens (including phenoxy) is 3. The van der Waals surface area contributed by atoms with E-state index in [2.05, 4.69) is 32.7 Å². The van der Waals surface area contributed by atoms with Gasteiger partial charge in [-0.1, -0.05) is 94.1 Å². The number of aliphatic imine (C=N–C) groups is 1. The van der Waals surface area contributed by atoms with Crippen LogP contribution in [0, 0.1) is 0 Å². The lowest BCUT2D eigenvalue weighted by molar-refractivity contribution is -0.0822. The number of fused-ring (bicyclic) bond motifs is 2. The molecule has 3 aromatic carbocycles. The quantitative estimate of drug-likeness (QED) is 0.150. The van der Waals surface area contributed by atoms with Gasteiger partial charge in [0.05, 0.1) is 30.9 Å². The first-order chi connectivity index (χ1) is 26.4. The van der Waals surface area contributed by atoms with Gasteiger partial charge in [-0.15, -0.1) is 0 Å². The third-order valence-corrected chi connectivity index (χ3v) is 15.6. The van der Waals surface area contributed by atoms with Crippen LogP contribution in [0.1, 0.15) is 72.6 Å². The minimum Gasteiger partial charge on any atom is -0.454 e. The van der Waals surface area contributed by atoms with E-state index in [1.54, 1.807) is 16.0 Å². The maximum absolute atomic E-state index is 16.8. The number of nitrogens with zero attached hydrogens (tertiary/aromatic N) is 3. The molecule has 0 aromatic heterocycles. The van der Waals surface area contributed by atoms with E-state index in [0.29, 0.717) is 36.7 Å². The molecule has 12 heteroatoms. The number of nitrogens with one attached hydrogen (secondary N) is 1. The second-order valence-electron chi connectivity index (χ2n) is 17.1. The second kappa shape index (κ2) is 16.1. The monoisotopic (exact) mass is 786 g/mol. The zero-order chi connectivity index (χ0) is 40.5. The van der Waals surface area contributed by atoms with Gasteiger partial charge < -0.3 is 28.9 Å². The maximum atomic E-state index is 16.8. The number of allylic oxidation sites excluding steroid dienone is 2. The fourth-order valence-electron chi connectivity index (χ4n) is 7.91. The third-order valence-electron chi connectivity index (χ3n) is 10.6. The van der Waals surface area contributed by atoms with Gasteiger partial charge in [0.1, 0.15) is 5.60 Å². The Labute approximate surface area is 331 Å². The number of amides is 1. The summed E-state index contributed by atoms with van der Waals surface area (Å²) in [7, 11) is -3.23. The van der Waals surface area contributed by atoms with Gasteiger partial charge in [0.25, 0.3) is 14.2 Å². The van der Waals surface area contributed by atoms with Gasteiger partial charge in [0, 0.05) is 31.0 Å². The zero-order valence-corrected chi connectivity index (χ0v) is 34.9. The molecule has 9 nitrogen and oxygen atoms in total. The lowest BCUT2D eigenvalue weighted by Gasteiger charge is -2.45. The summed E-state index contributed by atoms with van der Waals surface area (Å²) in [6, 6.07) is 22.6. The van der Waals surface area contributed by atoms with Crippen LogP contribution in [-0.2, 0) is 15.6 Å². The average molecular weight is 787 g/mol. The van der Waals surface area contributed by atoms with Gasteiger partial charge in [-0.05, 0) is 79.7 Å². The highest BCUT2D eigenvalue weighted by Gasteiger charge is 2.52. The molecular formula is C44H56F2N4O5Si. The van der Waals surface area contributed by atoms with Crippen molar-refractivity contribution >= 4 is 31.0 Å². The number of rotatable bonds is 12. The SMILES string of the molecule is C=C(N=C/C(=C\C)NC1CN(C(=O)OC(C)(C)C)C1)[C@@H]1c2cc3c(cc2C[C@@H](C)N1CC(F)(F)CO[Si](c1ccccc1)(c1ccccc1)C(C)(C)C)OCO3. The summed E-state index contributed by atoms with van der Waals surface area (Å²) >= 11 is 0. The van der Waals surface area contributed by atoms with Crippen molar-refractivity contribution in [3.05, 3.63) is 108 Å². The summed E-state index contributed by atoms with van der Waals surface area (Å²) in [5, 5.41) is 4.86. The number of halogens is 2. The Bertz CT molecular complexity index is 1900. The number of hydrogen-bond donors (Lipinski definition) is 1. The maximum Gasteiger partial charge on any atom is 0.410 e. The third kappa shape index (κ3) is 8.87. The summed E-state index contributed by atoms with van der Waals surface area (Å²) < 4.78 is 57.3. The molecule has 0 saturated carbocycles. The number of hydrogen-bond acceptors (Lipinski definition) is 8. The molecule has 3 aromatic rings. The van der Waals surface area contributed by atoms with Crippen LogP contribution in [0.15, 0.2) is 102 Å². The van der Waals surface area contributed by atoms with Crippen LogP contribution in [0.5, 0.6) is 11.5 Å². The van der Waals surface area contributed by atoms with Gasteiger partial charge >= 0.3 is 6.09 Å². The topological polar surface area (TPSA) is 84.9 Å². The Morgan fingerprint density at radius 3 is 2.12 bits per heavy atom. The van der Waals surface area contributed by atoms with Crippen LogP contribution in [0.4, 0.5) is 13.6 Å². The first kappa shape index (κ1) is 41.1. The fraction of sp³-hybridized carbons (Fsp3) is 0.455. The van der Waals surface area contributed by atoms with E-state index < -0.39 is 44.1 Å². The number of alkyl halides is 2. The minimum atomic E-state index is -3.24. The molecule has 3 aliphatic rings. The molecule has 1 N–H and O–H groups in total. The van der Waals surface area contributed by atoms with Crippen molar-refractivity contribution in [3.63, 3.8) is 0 Å². The number of carbonyl (C=O) groups excluding carboxylic acids is 1. The molecule has 1 amide bonds. The van der Waals surface area contributed by atoms with Crippen molar-refractivity contribution in [2.24, 2.45) is 4.99 Å². The van der Waals surface area contributed by atoms with Gasteiger partial charge in [0.15, 0.2) is 11.5 Å². The van der Waals surface area contributed by atoms with Crippen molar-refractivity contribution in [2.75, 3.05) is 33.0 Å². The van der Waals surface area contributed by atoms with E-state index in [4.69, 9.17) is 23.6 Å². The Balaban J connectivity index is 1.25. The van der Waals surface area contributed by atoms with E-state index in [1.807, 2.05) is 113 Å². The van der Waals surface area contributed by atoms with E-state index >= 15 is 8.78 Å². The Morgan fingerprint density at radius 1 is 0.982 bits per heavy atom. The number of benzene rings is 3. The molecule has 0 spiro atoms. The smallest absolute Gasteiger partial charge is 0.410 e. The summed E-state index contributed by atoms with van der Waals surface area (Å²) in [5.41, 5.74) is 2.35. The molecule has 0 aliphatic carbocycles. The van der Waals surface area contributed by atoms with Gasteiger partial charge in [-0.2, -0.15) is 0 Å². The van der Waals surface area contributed by atoms with Crippen molar-refractivity contribution in [2.45, 2.75) is 96.5 Å². The highest BCUT2D eigenvalue weighted by Crippen LogP contribution is 2.45. The second-order valence-corrected chi connectivity index (χ2v) is 21.4. The van der Waals surface area contributed by atoms with Crippen LogP contribution in [0.2, 0.25) is 5.04 Å². The summed E-state index contributed by atoms with van der Waals surface area (Å²) in [4.78, 5) is 20.7. The Hall–Kier alpha value is -4.52. The van der Waals surface area contributed by atoms with Crippen LogP contribution in [0.3, 0.4) is 0 Å². The Morgan fingerprint density at radius 2 is 1.57 bits per heavy atom. The molecule has 3 aliphatic heterocycles. The lowest BCUT2D eigenvalue weighted by Crippen LogP contribution is -2.67. The van der Waals surface area contributed by atoms with Gasteiger partial charge in [-0.3, -0.25) is 9.89 Å². The van der Waals surface area contributed by atoms with Gasteiger partial charge in [-0.25, -0.2) is 13.6 Å². The molecule has 2 atom stereocenters. The Kier molecular flexibility index (Phi) is 11.9. The molecule has 0 bridgehead atoms. The lowest BCUT2D eigenvalue weighted by atomic mass is 9.86. The largest absolute Gasteiger partial charge is 0.454 e. The van der Waals surface area contributed by atoms with Crippen molar-refractivity contribution < 1.29 is 32.2 Å². The molecule has 0 radical (unpaired) electrons. The van der Waals surface area contributed by atoms with Crippen molar-refractivity contribution in [1.29, 1.82) is 0 Å². The van der Waals surface area contributed by atoms with Crippen LogP contribution >= 0.6 is 0 Å². The predicted molar refractivity (Wildman–Crippen MR) is 220 cm³/mol. The zero-order valence-electron chi connectivity index (χ0n) is 33.9. The van der Waals surface area contributed by atoms with Crippen molar-refractivity contribution in [1.82, 2.24) is 15.1 Å². The molecule has 56 heavy (non-hydrogen) atoms. The average Bonchev–Trinajstić information content (AvgIpc) is 3.57. The fourth-order valence-corrected chi connectivity index (χ4v) is 12.5. The summed E-state index contributed by atoms with van der Waals surface area (Å²) in [5.74, 6) is -2.03. The standard InChI is InChI=1S/C44H56F2N4O5Si/c1-10-33(48-34-25-49(26-34)41(51)55-42(4,5)6)24-47-31(3)40-37-23-39-38(52-29-53-39)22-32(37)21-30(2)50(40)27-44(45,46)28-54-56(43(7,8)9,35-17-13-11-14-18-35)36-19-15-12-16-20-36/h10-20,22-24,30,34,40,48H,3,21,25-29H2,1-2,4-9H3/b33-10+,47-24?/t30-,40-/m1/s1. The van der Waals surface area contributed by atoms with Crippen LogP contribution in [0.25, 0.3) is 0 Å². The molecule has 1 fully saturated rings. The molecular weight excluding hydrogens is 731 g/mol. The highest BCUT2D eigenvalue weighted by atomic mass is 28.4. The normalized spacial score (nSPS) is 19.5. The minimum absolute atomic E-state index is 0.00864. The molecule has 3 heterocycles. The molecule has 300 valence electrons. The van der Waals surface area contributed by atoms with Crippen molar-refractivity contribution in [3.8, 4) is 11.5 Å². The summed E-state index contributed by atoms with van der Waals surface area (Å²) in [6.07, 6.45) is 3.74. The predicted octanol–water partition coefficient (Wildman–Crippen LogP) is 7.61. The van der Waals surface area contributed by atoms with E-state index in [0.717, 1.165) is 27.2 Å². The first-order valence-electron chi connectivity index (χ1n) is 19.4. The number of carbonyl (C=O) groups is 1. The summed E-state index contributed by atoms with van der Waals surface area (Å²) in [6.45, 7) is 19.7. The molecule has 0 unspecified atom stereocenters. The van der Waals surface area contributed by atoms with E-state index in [9.17, 15) is 4.79 Å². The van der Waals surface area contributed by atoms with Crippen LogP contribution in [-0.4, -0.2) is 87.1 Å².